The maximum absolute atomic E-state index is 13.7. The molecule has 1 unspecified atom stereocenters. The van der Waals surface area contributed by atoms with Crippen molar-refractivity contribution >= 4 is 27.7 Å². The van der Waals surface area contributed by atoms with Crippen molar-refractivity contribution in [3.63, 3.8) is 0 Å². The topological polar surface area (TPSA) is 75.9 Å². The van der Waals surface area contributed by atoms with Crippen LogP contribution in [0.2, 0.25) is 0 Å². The maximum Gasteiger partial charge on any atom is 0.239 e. The average molecular weight is 326 g/mol. The number of aromatic nitrogens is 2. The number of hydrogen-bond donors (Lipinski definition) is 3. The first-order valence-corrected chi connectivity index (χ1v) is 6.41. The first kappa shape index (κ1) is 13.7. The molecule has 1 atom stereocenters. The number of nitrogens with zero attached hydrogens (tertiary/aromatic N) is 2. The fourth-order valence-electron chi connectivity index (χ4n) is 1.65. The Bertz CT molecular complexity index is 578. The maximum atomic E-state index is 13.7. The van der Waals surface area contributed by atoms with E-state index >= 15 is 0 Å². The van der Waals surface area contributed by atoms with Gasteiger partial charge in [0.15, 0.2) is 0 Å². The summed E-state index contributed by atoms with van der Waals surface area (Å²) in [5.41, 5.74) is 2.93. The Morgan fingerprint density at radius 3 is 2.79 bits per heavy atom. The van der Waals surface area contributed by atoms with Gasteiger partial charge in [0, 0.05) is 11.8 Å². The van der Waals surface area contributed by atoms with Crippen molar-refractivity contribution in [2.24, 2.45) is 5.84 Å². The van der Waals surface area contributed by atoms with Crippen LogP contribution in [0.3, 0.4) is 0 Å². The number of benzene rings is 1. The molecule has 7 heteroatoms. The molecule has 0 fully saturated rings. The highest BCUT2D eigenvalue weighted by Crippen LogP contribution is 2.25. The zero-order chi connectivity index (χ0) is 13.8. The molecule has 2 aromatic rings. The molecule has 4 N–H and O–H groups in total. The van der Waals surface area contributed by atoms with Crippen molar-refractivity contribution in [3.05, 3.63) is 46.3 Å². The molecular weight excluding hydrogens is 313 g/mol. The lowest BCUT2D eigenvalue weighted by Gasteiger charge is -2.16. The van der Waals surface area contributed by atoms with Crippen LogP contribution >= 0.6 is 15.9 Å². The summed E-state index contributed by atoms with van der Waals surface area (Å²) in [4.78, 5) is 8.11. The lowest BCUT2D eigenvalue weighted by molar-refractivity contribution is 0.600. The molecule has 0 aliphatic heterocycles. The third kappa shape index (κ3) is 3.18. The SMILES string of the molecule is CC(Nc1nc(NN)ncc1Br)c1ccccc1F. The van der Waals surface area contributed by atoms with E-state index in [0.29, 0.717) is 15.9 Å². The molecule has 0 aliphatic rings. The van der Waals surface area contributed by atoms with Gasteiger partial charge in [-0.25, -0.2) is 15.2 Å². The van der Waals surface area contributed by atoms with E-state index < -0.39 is 0 Å². The van der Waals surface area contributed by atoms with E-state index in [0.717, 1.165) is 0 Å². The van der Waals surface area contributed by atoms with Crippen LogP contribution in [0.1, 0.15) is 18.5 Å². The summed E-state index contributed by atoms with van der Waals surface area (Å²) in [6, 6.07) is 6.36. The van der Waals surface area contributed by atoms with Gasteiger partial charge in [-0.2, -0.15) is 4.98 Å². The van der Waals surface area contributed by atoms with Gasteiger partial charge in [-0.1, -0.05) is 18.2 Å². The molecule has 0 amide bonds. The third-order valence-electron chi connectivity index (χ3n) is 2.60. The predicted molar refractivity (Wildman–Crippen MR) is 76.0 cm³/mol. The van der Waals surface area contributed by atoms with Crippen LogP contribution < -0.4 is 16.6 Å². The van der Waals surface area contributed by atoms with E-state index in [-0.39, 0.29) is 17.8 Å². The van der Waals surface area contributed by atoms with Gasteiger partial charge in [-0.15, -0.1) is 0 Å². The van der Waals surface area contributed by atoms with Crippen molar-refractivity contribution in [2.45, 2.75) is 13.0 Å². The summed E-state index contributed by atoms with van der Waals surface area (Å²) in [5, 5.41) is 3.11. The summed E-state index contributed by atoms with van der Waals surface area (Å²) < 4.78 is 14.3. The zero-order valence-corrected chi connectivity index (χ0v) is 11.8. The second kappa shape index (κ2) is 5.94. The fraction of sp³-hybridized carbons (Fsp3) is 0.167. The van der Waals surface area contributed by atoms with Crippen LogP contribution in [0, 0.1) is 5.82 Å². The minimum Gasteiger partial charge on any atom is -0.362 e. The summed E-state index contributed by atoms with van der Waals surface area (Å²) in [6.45, 7) is 1.85. The Kier molecular flexibility index (Phi) is 4.28. The lowest BCUT2D eigenvalue weighted by Crippen LogP contribution is -2.14. The molecule has 0 bridgehead atoms. The van der Waals surface area contributed by atoms with E-state index in [1.165, 1.54) is 6.07 Å². The number of hydrazine groups is 1. The summed E-state index contributed by atoms with van der Waals surface area (Å²) in [7, 11) is 0. The average Bonchev–Trinajstić information content (AvgIpc) is 2.41. The van der Waals surface area contributed by atoms with Crippen LogP contribution in [0.25, 0.3) is 0 Å². The molecular formula is C12H13BrFN5. The van der Waals surface area contributed by atoms with Crippen LogP contribution in [-0.2, 0) is 0 Å². The summed E-state index contributed by atoms with van der Waals surface area (Å²) in [5.74, 6) is 5.82. The molecule has 0 radical (unpaired) electrons. The first-order valence-electron chi connectivity index (χ1n) is 5.62. The Morgan fingerprint density at radius 1 is 1.37 bits per heavy atom. The van der Waals surface area contributed by atoms with Crippen molar-refractivity contribution in [1.29, 1.82) is 0 Å². The molecule has 5 nitrogen and oxygen atoms in total. The number of anilines is 2. The molecule has 1 aromatic carbocycles. The minimum absolute atomic E-state index is 0.238. The van der Waals surface area contributed by atoms with Gasteiger partial charge in [0.1, 0.15) is 11.6 Å². The number of nitrogens with one attached hydrogen (secondary N) is 2. The fourth-order valence-corrected chi connectivity index (χ4v) is 1.95. The van der Waals surface area contributed by atoms with Gasteiger partial charge in [0.2, 0.25) is 5.95 Å². The second-order valence-electron chi connectivity index (χ2n) is 3.92. The van der Waals surface area contributed by atoms with E-state index in [1.54, 1.807) is 24.4 Å². The number of rotatable bonds is 4. The van der Waals surface area contributed by atoms with E-state index in [9.17, 15) is 4.39 Å². The smallest absolute Gasteiger partial charge is 0.239 e. The van der Waals surface area contributed by atoms with Gasteiger partial charge < -0.3 is 5.32 Å². The Morgan fingerprint density at radius 2 is 2.11 bits per heavy atom. The molecule has 2 rings (SSSR count). The van der Waals surface area contributed by atoms with Gasteiger partial charge in [0.25, 0.3) is 0 Å². The van der Waals surface area contributed by atoms with Gasteiger partial charge in [-0.3, -0.25) is 5.43 Å². The van der Waals surface area contributed by atoms with Crippen molar-refractivity contribution in [1.82, 2.24) is 9.97 Å². The van der Waals surface area contributed by atoms with Crippen LogP contribution in [0.5, 0.6) is 0 Å². The first-order chi connectivity index (χ1) is 9.11. The monoisotopic (exact) mass is 325 g/mol. The number of nitrogen functional groups attached to an aromatic ring is 1. The van der Waals surface area contributed by atoms with Crippen molar-refractivity contribution in [2.75, 3.05) is 10.7 Å². The lowest BCUT2D eigenvalue weighted by atomic mass is 10.1. The standard InChI is InChI=1S/C12H13BrFN5/c1-7(8-4-2-3-5-10(8)14)17-11-9(13)6-16-12(18-11)19-15/h2-7H,15H2,1H3,(H2,16,17,18,19). The second-order valence-corrected chi connectivity index (χ2v) is 4.78. The summed E-state index contributed by atoms with van der Waals surface area (Å²) in [6.07, 6.45) is 1.57. The van der Waals surface area contributed by atoms with E-state index in [2.05, 4.69) is 36.6 Å². The molecule has 0 saturated carbocycles. The third-order valence-corrected chi connectivity index (χ3v) is 3.18. The molecule has 0 aliphatic carbocycles. The Hall–Kier alpha value is -1.73. The van der Waals surface area contributed by atoms with Crippen molar-refractivity contribution < 1.29 is 4.39 Å². The molecule has 1 heterocycles. The molecule has 1 aromatic heterocycles. The van der Waals surface area contributed by atoms with Crippen LogP contribution in [-0.4, -0.2) is 9.97 Å². The normalized spacial score (nSPS) is 12.0. The highest BCUT2D eigenvalue weighted by molar-refractivity contribution is 9.10. The highest BCUT2D eigenvalue weighted by Gasteiger charge is 2.13. The zero-order valence-electron chi connectivity index (χ0n) is 10.2. The molecule has 0 saturated heterocycles. The highest BCUT2D eigenvalue weighted by atomic mass is 79.9. The quantitative estimate of drug-likeness (QED) is 0.595. The van der Waals surface area contributed by atoms with Crippen LogP contribution in [0.15, 0.2) is 34.9 Å². The molecule has 19 heavy (non-hydrogen) atoms. The number of nitrogens with two attached hydrogens (primary N) is 1. The van der Waals surface area contributed by atoms with E-state index in [1.807, 2.05) is 6.92 Å². The van der Waals surface area contributed by atoms with Crippen molar-refractivity contribution in [3.8, 4) is 0 Å². The number of hydrogen-bond acceptors (Lipinski definition) is 5. The molecule has 100 valence electrons. The van der Waals surface area contributed by atoms with Gasteiger partial charge in [-0.05, 0) is 28.9 Å². The largest absolute Gasteiger partial charge is 0.362 e. The minimum atomic E-state index is -0.259. The van der Waals surface area contributed by atoms with Gasteiger partial charge >= 0.3 is 0 Å². The van der Waals surface area contributed by atoms with Gasteiger partial charge in [0.05, 0.1) is 10.5 Å². The predicted octanol–water partition coefficient (Wildman–Crippen LogP) is 2.84. The van der Waals surface area contributed by atoms with Crippen LogP contribution in [0.4, 0.5) is 16.2 Å². The molecule has 0 spiro atoms. The number of halogens is 2. The Labute approximate surface area is 118 Å². The Balaban J connectivity index is 2.24. The summed E-state index contributed by atoms with van der Waals surface area (Å²) >= 11 is 3.33. The van der Waals surface area contributed by atoms with E-state index in [4.69, 9.17) is 5.84 Å².